The van der Waals surface area contributed by atoms with Crippen LogP contribution in [0.25, 0.3) is 0 Å². The Morgan fingerprint density at radius 3 is 2.64 bits per heavy atom. The van der Waals surface area contributed by atoms with Crippen LogP contribution in [0.5, 0.6) is 0 Å². The molecule has 1 heterocycles. The van der Waals surface area contributed by atoms with Gasteiger partial charge >= 0.3 is 0 Å². The summed E-state index contributed by atoms with van der Waals surface area (Å²) in [4.78, 5) is 0.789. The van der Waals surface area contributed by atoms with E-state index in [1.165, 1.54) is 5.57 Å². The van der Waals surface area contributed by atoms with Crippen molar-refractivity contribution in [3.05, 3.63) is 36.0 Å². The van der Waals surface area contributed by atoms with E-state index in [2.05, 4.69) is 18.0 Å². The van der Waals surface area contributed by atoms with Crippen molar-refractivity contribution in [2.45, 2.75) is 27.2 Å². The van der Waals surface area contributed by atoms with E-state index in [9.17, 15) is 0 Å². The zero-order valence-electron chi connectivity index (χ0n) is 9.26. The van der Waals surface area contributed by atoms with Gasteiger partial charge in [-0.15, -0.1) is 0 Å². The predicted molar refractivity (Wildman–Crippen MR) is 68.6 cm³/mol. The van der Waals surface area contributed by atoms with Crippen molar-refractivity contribution < 1.29 is 0 Å². The predicted octanol–water partition coefficient (Wildman–Crippen LogP) is 3.39. The lowest BCUT2D eigenvalue weighted by Crippen LogP contribution is -2.30. The molecule has 1 rings (SSSR count). The summed E-state index contributed by atoms with van der Waals surface area (Å²) in [7, 11) is 0. The highest BCUT2D eigenvalue weighted by molar-refractivity contribution is 7.80. The Balaban J connectivity index is 0.000000791. The van der Waals surface area contributed by atoms with E-state index in [-0.39, 0.29) is 0 Å². The molecule has 0 unspecified atom stereocenters. The van der Waals surface area contributed by atoms with Gasteiger partial charge in [-0.25, -0.2) is 0 Å². The van der Waals surface area contributed by atoms with Gasteiger partial charge in [0.05, 0.1) is 0 Å². The smallest absolute Gasteiger partial charge is 0.106 e. The minimum atomic E-state index is 0.789. The third-order valence-corrected chi connectivity index (χ3v) is 2.22. The van der Waals surface area contributed by atoms with E-state index in [4.69, 9.17) is 12.2 Å². The summed E-state index contributed by atoms with van der Waals surface area (Å²) in [6, 6.07) is 0. The van der Waals surface area contributed by atoms with Crippen LogP contribution < -0.4 is 5.32 Å². The van der Waals surface area contributed by atoms with Crippen molar-refractivity contribution in [2.24, 2.45) is 0 Å². The fraction of sp³-hybridized carbons (Fsp3) is 0.417. The van der Waals surface area contributed by atoms with Gasteiger partial charge in [-0.2, -0.15) is 0 Å². The standard InChI is InChI=1S/C10H13NS.C2H6/c1-3-4-5-9-6-7-11-10(12)8(9)2;1-2/h3-5H,2,6-7H2,1H3,(H,11,12);1-2H3/b4-3-,9-5-;. The molecule has 0 aromatic carbocycles. The third kappa shape index (κ3) is 3.88. The van der Waals surface area contributed by atoms with E-state index in [0.29, 0.717) is 0 Å². The molecule has 0 saturated carbocycles. The molecule has 2 heteroatoms. The van der Waals surface area contributed by atoms with Gasteiger partial charge in [0.15, 0.2) is 0 Å². The summed E-state index contributed by atoms with van der Waals surface area (Å²) in [5.41, 5.74) is 2.21. The van der Waals surface area contributed by atoms with E-state index >= 15 is 0 Å². The Kier molecular flexibility index (Phi) is 7.03. The molecule has 1 aliphatic rings. The van der Waals surface area contributed by atoms with Crippen LogP contribution in [0.15, 0.2) is 36.0 Å². The second-order valence-electron chi connectivity index (χ2n) is 2.70. The summed E-state index contributed by atoms with van der Waals surface area (Å²) in [6.45, 7) is 10.9. The van der Waals surface area contributed by atoms with Gasteiger partial charge in [0.25, 0.3) is 0 Å². The molecule has 0 aliphatic carbocycles. The molecule has 0 bridgehead atoms. The Hall–Kier alpha value is -0.890. The van der Waals surface area contributed by atoms with Gasteiger partial charge in [0.2, 0.25) is 0 Å². The van der Waals surface area contributed by atoms with Gasteiger partial charge < -0.3 is 5.32 Å². The number of thiocarbonyl (C=S) groups is 1. The number of rotatable bonds is 1. The van der Waals surface area contributed by atoms with Gasteiger partial charge in [0.1, 0.15) is 4.99 Å². The average molecular weight is 209 g/mol. The van der Waals surface area contributed by atoms with Crippen LogP contribution in [-0.2, 0) is 0 Å². The number of hydrogen-bond donors (Lipinski definition) is 1. The minimum Gasteiger partial charge on any atom is -0.375 e. The summed E-state index contributed by atoms with van der Waals surface area (Å²) < 4.78 is 0. The van der Waals surface area contributed by atoms with Crippen molar-refractivity contribution in [3.63, 3.8) is 0 Å². The topological polar surface area (TPSA) is 12.0 Å². The summed E-state index contributed by atoms with van der Waals surface area (Å²) in [5, 5.41) is 3.11. The number of allylic oxidation sites excluding steroid dienone is 3. The van der Waals surface area contributed by atoms with Gasteiger partial charge in [-0.05, 0) is 18.9 Å². The van der Waals surface area contributed by atoms with E-state index in [1.807, 2.05) is 32.9 Å². The van der Waals surface area contributed by atoms with Crippen molar-refractivity contribution in [1.82, 2.24) is 5.32 Å². The second-order valence-corrected chi connectivity index (χ2v) is 3.11. The van der Waals surface area contributed by atoms with E-state index in [1.54, 1.807) is 0 Å². The molecule has 14 heavy (non-hydrogen) atoms. The van der Waals surface area contributed by atoms with Crippen LogP contribution in [0.3, 0.4) is 0 Å². The second kappa shape index (κ2) is 7.51. The highest BCUT2D eigenvalue weighted by Crippen LogP contribution is 2.17. The minimum absolute atomic E-state index is 0.789. The molecule has 1 nitrogen and oxygen atoms in total. The van der Waals surface area contributed by atoms with Crippen LogP contribution in [-0.4, -0.2) is 11.5 Å². The summed E-state index contributed by atoms with van der Waals surface area (Å²) >= 11 is 5.08. The lowest BCUT2D eigenvalue weighted by atomic mass is 10.0. The van der Waals surface area contributed by atoms with Crippen LogP contribution >= 0.6 is 12.2 Å². The molecular weight excluding hydrogens is 190 g/mol. The number of hydrogen-bond acceptors (Lipinski definition) is 1. The maximum Gasteiger partial charge on any atom is 0.106 e. The normalized spacial score (nSPS) is 19.2. The summed E-state index contributed by atoms with van der Waals surface area (Å²) in [6.07, 6.45) is 7.12. The first-order valence-electron chi connectivity index (χ1n) is 5.05. The fourth-order valence-electron chi connectivity index (χ4n) is 1.11. The largest absolute Gasteiger partial charge is 0.375 e. The summed E-state index contributed by atoms with van der Waals surface area (Å²) in [5.74, 6) is 0. The zero-order chi connectivity index (χ0) is 11.0. The molecule has 0 aromatic rings. The monoisotopic (exact) mass is 209 g/mol. The molecule has 0 spiro atoms. The molecule has 0 radical (unpaired) electrons. The van der Waals surface area contributed by atoms with Gasteiger partial charge in [-0.1, -0.05) is 50.9 Å². The molecule has 1 aliphatic heterocycles. The van der Waals surface area contributed by atoms with E-state index < -0.39 is 0 Å². The first-order valence-corrected chi connectivity index (χ1v) is 5.46. The molecule has 78 valence electrons. The number of nitrogens with one attached hydrogen (secondary N) is 1. The lowest BCUT2D eigenvalue weighted by Gasteiger charge is -2.19. The first kappa shape index (κ1) is 13.1. The van der Waals surface area contributed by atoms with Crippen LogP contribution in [0.1, 0.15) is 27.2 Å². The Morgan fingerprint density at radius 1 is 1.43 bits per heavy atom. The third-order valence-electron chi connectivity index (χ3n) is 1.83. The van der Waals surface area contributed by atoms with Gasteiger partial charge in [0, 0.05) is 12.1 Å². The van der Waals surface area contributed by atoms with Crippen LogP contribution in [0.4, 0.5) is 0 Å². The quantitative estimate of drug-likeness (QED) is 0.525. The molecule has 0 atom stereocenters. The fourth-order valence-corrected chi connectivity index (χ4v) is 1.34. The SMILES string of the molecule is C=C1C(=S)NCC/C1=C/C=C\C.CC. The zero-order valence-corrected chi connectivity index (χ0v) is 10.1. The first-order chi connectivity index (χ1) is 6.75. The van der Waals surface area contributed by atoms with Crippen molar-refractivity contribution in [2.75, 3.05) is 6.54 Å². The Bertz CT molecular complexity index is 261. The lowest BCUT2D eigenvalue weighted by molar-refractivity contribution is 0.845. The molecule has 0 aromatic heterocycles. The van der Waals surface area contributed by atoms with Crippen molar-refractivity contribution in [1.29, 1.82) is 0 Å². The highest BCUT2D eigenvalue weighted by atomic mass is 32.1. The van der Waals surface area contributed by atoms with Gasteiger partial charge in [-0.3, -0.25) is 0 Å². The van der Waals surface area contributed by atoms with Crippen molar-refractivity contribution >= 4 is 17.2 Å². The molecule has 1 fully saturated rings. The molecule has 1 N–H and O–H groups in total. The van der Waals surface area contributed by atoms with E-state index in [0.717, 1.165) is 23.5 Å². The Morgan fingerprint density at radius 2 is 2.07 bits per heavy atom. The number of piperidine rings is 1. The van der Waals surface area contributed by atoms with Crippen LogP contribution in [0, 0.1) is 0 Å². The van der Waals surface area contributed by atoms with Crippen LogP contribution in [0.2, 0.25) is 0 Å². The molecular formula is C12H19NS. The average Bonchev–Trinajstić information content (AvgIpc) is 2.23. The Labute approximate surface area is 92.6 Å². The molecule has 1 saturated heterocycles. The maximum atomic E-state index is 5.08. The highest BCUT2D eigenvalue weighted by Gasteiger charge is 2.12. The molecule has 0 amide bonds. The maximum absolute atomic E-state index is 5.08. The van der Waals surface area contributed by atoms with Crippen molar-refractivity contribution in [3.8, 4) is 0 Å².